The second-order valence-electron chi connectivity index (χ2n) is 5.86. The fourth-order valence-corrected chi connectivity index (χ4v) is 3.41. The maximum Gasteiger partial charge on any atom is 0.232 e. The van der Waals surface area contributed by atoms with Crippen LogP contribution < -0.4 is 10.2 Å². The Kier molecular flexibility index (Phi) is 4.56. The van der Waals surface area contributed by atoms with Crippen molar-refractivity contribution in [2.24, 2.45) is 5.92 Å². The van der Waals surface area contributed by atoms with Crippen LogP contribution >= 0.6 is 0 Å². The normalized spacial score (nSPS) is 25.5. The molecule has 1 N–H and O–H groups in total. The van der Waals surface area contributed by atoms with Crippen molar-refractivity contribution >= 4 is 11.6 Å². The van der Waals surface area contributed by atoms with Crippen LogP contribution in [0.5, 0.6) is 0 Å². The highest BCUT2D eigenvalue weighted by Gasteiger charge is 2.32. The number of anilines is 1. The van der Waals surface area contributed by atoms with E-state index in [1.165, 1.54) is 5.56 Å². The summed E-state index contributed by atoms with van der Waals surface area (Å²) < 4.78 is 5.48. The Hall–Kier alpha value is -1.39. The highest BCUT2D eigenvalue weighted by molar-refractivity contribution is 5.96. The molecule has 1 amide bonds. The van der Waals surface area contributed by atoms with E-state index in [0.29, 0.717) is 12.6 Å². The molecule has 2 aliphatic heterocycles. The Morgan fingerprint density at radius 2 is 2.24 bits per heavy atom. The van der Waals surface area contributed by atoms with Gasteiger partial charge in [-0.15, -0.1) is 0 Å². The zero-order chi connectivity index (χ0) is 14.7. The Morgan fingerprint density at radius 3 is 3.00 bits per heavy atom. The van der Waals surface area contributed by atoms with Gasteiger partial charge >= 0.3 is 0 Å². The molecule has 0 bridgehead atoms. The SMILES string of the molecule is CCNC1CCN(C(=O)C2CCCOC2)c2ccccc21. The fraction of sp³-hybridized carbons (Fsp3) is 0.588. The number of carbonyl (C=O) groups excluding carboxylic acids is 1. The van der Waals surface area contributed by atoms with E-state index in [0.717, 1.165) is 44.6 Å². The monoisotopic (exact) mass is 288 g/mol. The minimum Gasteiger partial charge on any atom is -0.381 e. The van der Waals surface area contributed by atoms with Gasteiger partial charge in [-0.25, -0.2) is 0 Å². The number of benzene rings is 1. The molecular formula is C17H24N2O2. The van der Waals surface area contributed by atoms with Crippen LogP contribution in [-0.2, 0) is 9.53 Å². The molecule has 0 saturated carbocycles. The molecule has 4 heteroatoms. The van der Waals surface area contributed by atoms with Crippen LogP contribution in [0.3, 0.4) is 0 Å². The molecule has 0 spiro atoms. The first-order valence-electron chi connectivity index (χ1n) is 8.02. The fourth-order valence-electron chi connectivity index (χ4n) is 3.41. The van der Waals surface area contributed by atoms with Gasteiger partial charge in [-0.2, -0.15) is 0 Å². The number of para-hydroxylation sites is 1. The highest BCUT2D eigenvalue weighted by Crippen LogP contribution is 2.35. The Labute approximate surface area is 126 Å². The number of nitrogens with zero attached hydrogens (tertiary/aromatic N) is 1. The van der Waals surface area contributed by atoms with Gasteiger partial charge in [-0.05, 0) is 37.4 Å². The van der Waals surface area contributed by atoms with Crippen molar-refractivity contribution in [3.05, 3.63) is 29.8 Å². The van der Waals surface area contributed by atoms with E-state index in [4.69, 9.17) is 4.74 Å². The van der Waals surface area contributed by atoms with E-state index in [1.807, 2.05) is 11.0 Å². The number of hydrogen-bond donors (Lipinski definition) is 1. The van der Waals surface area contributed by atoms with Crippen molar-refractivity contribution < 1.29 is 9.53 Å². The molecule has 1 saturated heterocycles. The maximum absolute atomic E-state index is 12.8. The number of ether oxygens (including phenoxy) is 1. The second kappa shape index (κ2) is 6.58. The summed E-state index contributed by atoms with van der Waals surface area (Å²) in [6.45, 7) is 5.24. The van der Waals surface area contributed by atoms with Crippen molar-refractivity contribution in [1.29, 1.82) is 0 Å². The predicted molar refractivity (Wildman–Crippen MR) is 83.4 cm³/mol. The van der Waals surface area contributed by atoms with Crippen LogP contribution in [0.15, 0.2) is 24.3 Å². The first kappa shape index (κ1) is 14.5. The molecule has 4 nitrogen and oxygen atoms in total. The molecule has 0 aliphatic carbocycles. The number of fused-ring (bicyclic) bond motifs is 1. The van der Waals surface area contributed by atoms with Crippen molar-refractivity contribution in [1.82, 2.24) is 5.32 Å². The van der Waals surface area contributed by atoms with Gasteiger partial charge in [0.05, 0.1) is 12.5 Å². The molecule has 1 fully saturated rings. The van der Waals surface area contributed by atoms with Gasteiger partial charge in [0, 0.05) is 24.9 Å². The van der Waals surface area contributed by atoms with Crippen molar-refractivity contribution in [3.63, 3.8) is 0 Å². The van der Waals surface area contributed by atoms with Crippen LogP contribution in [0.2, 0.25) is 0 Å². The molecule has 2 aliphatic rings. The second-order valence-corrected chi connectivity index (χ2v) is 5.86. The molecule has 0 radical (unpaired) electrons. The Bertz CT molecular complexity index is 497. The molecule has 0 aromatic heterocycles. The molecule has 1 aromatic carbocycles. The lowest BCUT2D eigenvalue weighted by Gasteiger charge is -2.37. The smallest absolute Gasteiger partial charge is 0.232 e. The lowest BCUT2D eigenvalue weighted by atomic mass is 9.93. The van der Waals surface area contributed by atoms with Gasteiger partial charge in [0.2, 0.25) is 5.91 Å². The molecule has 21 heavy (non-hydrogen) atoms. The lowest BCUT2D eigenvalue weighted by molar-refractivity contribution is -0.126. The number of nitrogens with one attached hydrogen (secondary N) is 1. The van der Waals surface area contributed by atoms with Crippen LogP contribution in [0.25, 0.3) is 0 Å². The molecular weight excluding hydrogens is 264 g/mol. The van der Waals surface area contributed by atoms with Gasteiger partial charge < -0.3 is 15.0 Å². The standard InChI is InChI=1S/C17H24N2O2/c1-2-18-15-9-10-19(16-8-4-3-7-14(15)16)17(20)13-6-5-11-21-12-13/h3-4,7-8,13,15,18H,2,5-6,9-12H2,1H3. The molecule has 3 rings (SSSR count). The lowest BCUT2D eigenvalue weighted by Crippen LogP contribution is -2.44. The van der Waals surface area contributed by atoms with Crippen molar-refractivity contribution in [2.45, 2.75) is 32.2 Å². The van der Waals surface area contributed by atoms with Crippen LogP contribution in [0.4, 0.5) is 5.69 Å². The van der Waals surface area contributed by atoms with Gasteiger partial charge in [-0.3, -0.25) is 4.79 Å². The number of hydrogen-bond acceptors (Lipinski definition) is 3. The summed E-state index contributed by atoms with van der Waals surface area (Å²) in [4.78, 5) is 14.8. The minimum absolute atomic E-state index is 0.0301. The molecule has 2 heterocycles. The van der Waals surface area contributed by atoms with E-state index in [1.54, 1.807) is 0 Å². The third-order valence-electron chi connectivity index (χ3n) is 4.47. The largest absolute Gasteiger partial charge is 0.381 e. The number of rotatable bonds is 3. The van der Waals surface area contributed by atoms with Crippen molar-refractivity contribution in [3.8, 4) is 0 Å². The summed E-state index contributed by atoms with van der Waals surface area (Å²) in [5.41, 5.74) is 2.32. The van der Waals surface area contributed by atoms with Gasteiger partial charge in [0.1, 0.15) is 0 Å². The summed E-state index contributed by atoms with van der Waals surface area (Å²) in [5.74, 6) is 0.264. The first-order chi connectivity index (χ1) is 10.3. The first-order valence-corrected chi connectivity index (χ1v) is 8.02. The summed E-state index contributed by atoms with van der Waals surface area (Å²) in [5, 5.41) is 3.52. The topological polar surface area (TPSA) is 41.6 Å². The molecule has 1 aromatic rings. The van der Waals surface area contributed by atoms with Crippen LogP contribution in [-0.4, -0.2) is 32.2 Å². The van der Waals surface area contributed by atoms with E-state index in [2.05, 4.69) is 30.4 Å². The van der Waals surface area contributed by atoms with E-state index < -0.39 is 0 Å². The zero-order valence-electron chi connectivity index (χ0n) is 12.7. The van der Waals surface area contributed by atoms with E-state index in [9.17, 15) is 4.79 Å². The van der Waals surface area contributed by atoms with E-state index in [-0.39, 0.29) is 11.8 Å². The molecule has 2 unspecified atom stereocenters. The van der Waals surface area contributed by atoms with Crippen molar-refractivity contribution in [2.75, 3.05) is 31.2 Å². The number of carbonyl (C=O) groups is 1. The Balaban J connectivity index is 1.83. The summed E-state index contributed by atoms with van der Waals surface area (Å²) in [7, 11) is 0. The molecule has 2 atom stereocenters. The predicted octanol–water partition coefficient (Wildman–Crippen LogP) is 2.50. The summed E-state index contributed by atoms with van der Waals surface area (Å²) in [6.07, 6.45) is 2.92. The van der Waals surface area contributed by atoms with Gasteiger partial charge in [-0.1, -0.05) is 25.1 Å². The quantitative estimate of drug-likeness (QED) is 0.929. The zero-order valence-corrected chi connectivity index (χ0v) is 12.7. The third kappa shape index (κ3) is 2.97. The van der Waals surface area contributed by atoms with Gasteiger partial charge in [0.15, 0.2) is 0 Å². The minimum atomic E-state index is 0.0301. The highest BCUT2D eigenvalue weighted by atomic mass is 16.5. The summed E-state index contributed by atoms with van der Waals surface area (Å²) >= 11 is 0. The average molecular weight is 288 g/mol. The Morgan fingerprint density at radius 1 is 1.38 bits per heavy atom. The van der Waals surface area contributed by atoms with Gasteiger partial charge in [0.25, 0.3) is 0 Å². The number of amides is 1. The average Bonchev–Trinajstić information content (AvgIpc) is 2.56. The maximum atomic E-state index is 12.8. The van der Waals surface area contributed by atoms with Crippen LogP contribution in [0.1, 0.15) is 37.8 Å². The van der Waals surface area contributed by atoms with E-state index >= 15 is 0 Å². The molecule has 114 valence electrons. The van der Waals surface area contributed by atoms with Crippen LogP contribution in [0, 0.1) is 5.92 Å². The third-order valence-corrected chi connectivity index (χ3v) is 4.47. The summed E-state index contributed by atoms with van der Waals surface area (Å²) in [6, 6.07) is 8.64.